The summed E-state index contributed by atoms with van der Waals surface area (Å²) in [6.45, 7) is 3.10. The first-order valence-electron chi connectivity index (χ1n) is 8.58. The first-order valence-corrected chi connectivity index (χ1v) is 8.58. The zero-order chi connectivity index (χ0) is 18.1. The summed E-state index contributed by atoms with van der Waals surface area (Å²) in [5.41, 5.74) is 1.13. The van der Waals surface area contributed by atoms with Gasteiger partial charge in [-0.15, -0.1) is 24.0 Å². The quantitative estimate of drug-likeness (QED) is 0.220. The molecule has 26 heavy (non-hydrogen) atoms. The Morgan fingerprint density at radius 2 is 2.27 bits per heavy atom. The van der Waals surface area contributed by atoms with E-state index < -0.39 is 0 Å². The Morgan fingerprint density at radius 1 is 1.46 bits per heavy atom. The van der Waals surface area contributed by atoms with Crippen LogP contribution in [-0.4, -0.2) is 74.6 Å². The topological polar surface area (TPSA) is 95.8 Å². The van der Waals surface area contributed by atoms with Crippen molar-refractivity contribution in [3.05, 3.63) is 12.4 Å². The molecule has 1 unspecified atom stereocenters. The second-order valence-corrected chi connectivity index (χ2v) is 6.07. The summed E-state index contributed by atoms with van der Waals surface area (Å²) < 4.78 is 6.72. The molecular weight excluding hydrogens is 449 g/mol. The number of halogens is 1. The van der Waals surface area contributed by atoms with Crippen LogP contribution in [0.4, 0.5) is 5.69 Å². The molecule has 1 saturated heterocycles. The Labute approximate surface area is 172 Å². The van der Waals surface area contributed by atoms with E-state index in [0.29, 0.717) is 19.1 Å². The number of aromatic nitrogens is 2. The highest BCUT2D eigenvalue weighted by molar-refractivity contribution is 14.0. The number of aryl methyl sites for hydroxylation is 1. The minimum Gasteiger partial charge on any atom is -0.383 e. The normalized spacial score (nSPS) is 17.4. The van der Waals surface area contributed by atoms with Crippen molar-refractivity contribution in [3.8, 4) is 0 Å². The van der Waals surface area contributed by atoms with E-state index in [2.05, 4.69) is 30.9 Å². The Morgan fingerprint density at radius 3 is 2.92 bits per heavy atom. The van der Waals surface area contributed by atoms with Gasteiger partial charge in [0.25, 0.3) is 0 Å². The fourth-order valence-electron chi connectivity index (χ4n) is 2.81. The molecule has 1 atom stereocenters. The van der Waals surface area contributed by atoms with E-state index in [1.165, 1.54) is 0 Å². The fraction of sp³-hybridized carbons (Fsp3) is 0.688. The number of nitrogens with zero attached hydrogens (tertiary/aromatic N) is 4. The van der Waals surface area contributed by atoms with Crippen molar-refractivity contribution >= 4 is 41.5 Å². The van der Waals surface area contributed by atoms with Crippen molar-refractivity contribution in [2.24, 2.45) is 12.0 Å². The number of amides is 1. The van der Waals surface area contributed by atoms with E-state index in [0.717, 1.165) is 31.6 Å². The van der Waals surface area contributed by atoms with Crippen LogP contribution in [0.2, 0.25) is 0 Å². The van der Waals surface area contributed by atoms with Crippen LogP contribution in [0.5, 0.6) is 0 Å². The minimum absolute atomic E-state index is 0. The molecule has 1 aliphatic rings. The van der Waals surface area contributed by atoms with Gasteiger partial charge in [-0.1, -0.05) is 0 Å². The lowest BCUT2D eigenvalue weighted by Crippen LogP contribution is -2.52. The van der Waals surface area contributed by atoms with Crippen LogP contribution in [0.25, 0.3) is 0 Å². The Bertz CT molecular complexity index is 579. The molecule has 3 N–H and O–H groups in total. The third kappa shape index (κ3) is 7.36. The predicted octanol–water partition coefficient (Wildman–Crippen LogP) is -0.0655. The number of rotatable bonds is 7. The Hall–Kier alpha value is -1.56. The van der Waals surface area contributed by atoms with Crippen molar-refractivity contribution < 1.29 is 9.53 Å². The van der Waals surface area contributed by atoms with Crippen LogP contribution in [0.3, 0.4) is 0 Å². The van der Waals surface area contributed by atoms with Crippen LogP contribution in [-0.2, 0) is 16.6 Å². The highest BCUT2D eigenvalue weighted by atomic mass is 127. The molecule has 148 valence electrons. The standard InChI is InChI=1S/C16H29N7O2.HI/c1-17-16(19-10-15(24)18-6-8-25-3)21-13-5-4-7-23(11-13)14-9-20-22(2)12-14;/h9,12-13H,4-8,10-11H2,1-3H3,(H,18,24)(H2,17,19,21);1H. The monoisotopic (exact) mass is 479 g/mol. The second kappa shape index (κ2) is 11.9. The van der Waals surface area contributed by atoms with Crippen LogP contribution >= 0.6 is 24.0 Å². The Kier molecular flexibility index (Phi) is 10.3. The molecule has 0 aliphatic carbocycles. The number of aliphatic imine (C=N–C) groups is 1. The number of piperidine rings is 1. The summed E-state index contributed by atoms with van der Waals surface area (Å²) >= 11 is 0. The van der Waals surface area contributed by atoms with Crippen molar-refractivity contribution in [2.75, 3.05) is 51.8 Å². The van der Waals surface area contributed by atoms with Gasteiger partial charge in [-0.25, -0.2) is 0 Å². The average Bonchev–Trinajstić information content (AvgIpc) is 3.05. The van der Waals surface area contributed by atoms with Gasteiger partial charge in [-0.05, 0) is 12.8 Å². The number of hydrogen-bond donors (Lipinski definition) is 3. The molecule has 0 aromatic carbocycles. The van der Waals surface area contributed by atoms with Gasteiger partial charge in [-0.2, -0.15) is 5.10 Å². The molecule has 0 radical (unpaired) electrons. The fourth-order valence-corrected chi connectivity index (χ4v) is 2.81. The molecule has 1 fully saturated rings. The number of hydrogen-bond acceptors (Lipinski definition) is 5. The van der Waals surface area contributed by atoms with Gasteiger partial charge in [0.2, 0.25) is 5.91 Å². The number of nitrogens with one attached hydrogen (secondary N) is 3. The number of carbonyl (C=O) groups is 1. The van der Waals surface area contributed by atoms with E-state index in [1.807, 2.05) is 24.1 Å². The van der Waals surface area contributed by atoms with Crippen molar-refractivity contribution in [1.29, 1.82) is 0 Å². The summed E-state index contributed by atoms with van der Waals surface area (Å²) in [5, 5.41) is 13.5. The molecule has 1 aromatic heterocycles. The largest absolute Gasteiger partial charge is 0.383 e. The van der Waals surface area contributed by atoms with Crippen LogP contribution in [0, 0.1) is 0 Å². The van der Waals surface area contributed by atoms with Crippen molar-refractivity contribution in [1.82, 2.24) is 25.7 Å². The van der Waals surface area contributed by atoms with Gasteiger partial charge in [0, 0.05) is 53.1 Å². The second-order valence-electron chi connectivity index (χ2n) is 6.07. The van der Waals surface area contributed by atoms with Gasteiger partial charge < -0.3 is 25.6 Å². The molecule has 9 nitrogen and oxygen atoms in total. The molecule has 1 amide bonds. The molecular formula is C16H30IN7O2. The Balaban J connectivity index is 0.00000338. The summed E-state index contributed by atoms with van der Waals surface area (Å²) in [6.07, 6.45) is 6.08. The third-order valence-electron chi connectivity index (χ3n) is 4.09. The first-order chi connectivity index (χ1) is 12.1. The molecule has 1 aromatic rings. The number of carbonyl (C=O) groups excluding carboxylic acids is 1. The molecule has 0 bridgehead atoms. The minimum atomic E-state index is -0.0827. The van der Waals surface area contributed by atoms with Gasteiger partial charge >= 0.3 is 0 Å². The summed E-state index contributed by atoms with van der Waals surface area (Å²) in [4.78, 5) is 18.3. The average molecular weight is 479 g/mol. The number of guanidine groups is 1. The maximum atomic E-state index is 11.7. The molecule has 1 aliphatic heterocycles. The highest BCUT2D eigenvalue weighted by Crippen LogP contribution is 2.18. The van der Waals surface area contributed by atoms with E-state index >= 15 is 0 Å². The number of anilines is 1. The lowest BCUT2D eigenvalue weighted by molar-refractivity contribution is -0.120. The smallest absolute Gasteiger partial charge is 0.239 e. The van der Waals surface area contributed by atoms with Crippen molar-refractivity contribution in [3.63, 3.8) is 0 Å². The SMILES string of the molecule is CN=C(NCC(=O)NCCOC)NC1CCCN(c2cnn(C)c2)C1.I. The predicted molar refractivity (Wildman–Crippen MR) is 113 cm³/mol. The third-order valence-corrected chi connectivity index (χ3v) is 4.09. The molecule has 2 heterocycles. The van der Waals surface area contributed by atoms with Crippen LogP contribution in [0.15, 0.2) is 17.4 Å². The van der Waals surface area contributed by atoms with Crippen LogP contribution in [0.1, 0.15) is 12.8 Å². The van der Waals surface area contributed by atoms with Gasteiger partial charge in [0.1, 0.15) is 0 Å². The lowest BCUT2D eigenvalue weighted by Gasteiger charge is -2.34. The maximum Gasteiger partial charge on any atom is 0.239 e. The van der Waals surface area contributed by atoms with E-state index in [-0.39, 0.29) is 42.5 Å². The zero-order valence-electron chi connectivity index (χ0n) is 15.7. The summed E-state index contributed by atoms with van der Waals surface area (Å²) in [7, 11) is 5.24. The number of methoxy groups -OCH3 is 1. The van der Waals surface area contributed by atoms with Gasteiger partial charge in [-0.3, -0.25) is 14.5 Å². The van der Waals surface area contributed by atoms with Gasteiger partial charge in [0.05, 0.1) is 25.0 Å². The molecule has 0 saturated carbocycles. The van der Waals surface area contributed by atoms with Crippen LogP contribution < -0.4 is 20.9 Å². The lowest BCUT2D eigenvalue weighted by atomic mass is 10.1. The number of ether oxygens (including phenoxy) is 1. The van der Waals surface area contributed by atoms with Crippen molar-refractivity contribution in [2.45, 2.75) is 18.9 Å². The highest BCUT2D eigenvalue weighted by Gasteiger charge is 2.21. The summed E-state index contributed by atoms with van der Waals surface area (Å²) in [5.74, 6) is 0.556. The maximum absolute atomic E-state index is 11.7. The van der Waals surface area contributed by atoms with E-state index in [1.54, 1.807) is 14.2 Å². The molecule has 0 spiro atoms. The zero-order valence-corrected chi connectivity index (χ0v) is 18.0. The molecule has 10 heteroatoms. The first kappa shape index (κ1) is 22.5. The molecule has 2 rings (SSSR count). The summed E-state index contributed by atoms with van der Waals surface area (Å²) in [6, 6.07) is 0.275. The van der Waals surface area contributed by atoms with Gasteiger partial charge in [0.15, 0.2) is 5.96 Å². The van der Waals surface area contributed by atoms with E-state index in [9.17, 15) is 4.79 Å². The van der Waals surface area contributed by atoms with E-state index in [4.69, 9.17) is 4.74 Å².